The predicted octanol–water partition coefficient (Wildman–Crippen LogP) is 1.70. The predicted molar refractivity (Wildman–Crippen MR) is 66.7 cm³/mol. The average molecular weight is 248 g/mol. The van der Waals surface area contributed by atoms with E-state index in [2.05, 4.69) is 10.4 Å². The van der Waals surface area contributed by atoms with Crippen molar-refractivity contribution in [2.45, 2.75) is 6.92 Å². The molecule has 0 saturated heterocycles. The summed E-state index contributed by atoms with van der Waals surface area (Å²) in [6, 6.07) is 4.24. The summed E-state index contributed by atoms with van der Waals surface area (Å²) in [5.74, 6) is -0.998. The summed E-state index contributed by atoms with van der Waals surface area (Å²) in [7, 11) is 1.71. The highest BCUT2D eigenvalue weighted by molar-refractivity contribution is 6.06. The van der Waals surface area contributed by atoms with Gasteiger partial charge in [-0.05, 0) is 19.1 Å². The second-order valence-corrected chi connectivity index (χ2v) is 3.96. The van der Waals surface area contributed by atoms with Crippen LogP contribution in [-0.4, -0.2) is 15.7 Å². The molecule has 0 unspecified atom stereocenters. The highest BCUT2D eigenvalue weighted by Gasteiger charge is 2.15. The lowest BCUT2D eigenvalue weighted by molar-refractivity contribution is 0.102. The Kier molecular flexibility index (Phi) is 3.01. The fraction of sp³-hybridized carbons (Fsp3) is 0.167. The van der Waals surface area contributed by atoms with Crippen LogP contribution >= 0.6 is 0 Å². The molecule has 0 atom stereocenters. The Hall–Kier alpha value is -2.37. The van der Waals surface area contributed by atoms with Crippen molar-refractivity contribution in [2.75, 3.05) is 11.1 Å². The number of para-hydroxylation sites is 1. The summed E-state index contributed by atoms with van der Waals surface area (Å²) >= 11 is 0. The number of amides is 1. The molecule has 1 amide bonds. The van der Waals surface area contributed by atoms with Crippen LogP contribution in [0.4, 0.5) is 15.8 Å². The van der Waals surface area contributed by atoms with Crippen molar-refractivity contribution in [3.63, 3.8) is 0 Å². The number of nitrogens with one attached hydrogen (secondary N) is 1. The standard InChI is InChI=1S/C12H13FN4O/c1-7-8(6-17(2)16-7)12(18)15-11-9(13)4-3-5-10(11)14/h3-6H,14H2,1-2H3,(H,15,18). The lowest BCUT2D eigenvalue weighted by Gasteiger charge is -2.08. The van der Waals surface area contributed by atoms with Gasteiger partial charge in [-0.1, -0.05) is 6.07 Å². The third-order valence-electron chi connectivity index (χ3n) is 2.54. The minimum absolute atomic E-state index is 0.00856. The number of hydrogen-bond acceptors (Lipinski definition) is 3. The topological polar surface area (TPSA) is 72.9 Å². The van der Waals surface area contributed by atoms with Gasteiger partial charge >= 0.3 is 0 Å². The first kappa shape index (κ1) is 12.1. The number of carbonyl (C=O) groups excluding carboxylic acids is 1. The largest absolute Gasteiger partial charge is 0.397 e. The SMILES string of the molecule is Cc1nn(C)cc1C(=O)Nc1c(N)cccc1F. The molecular weight excluding hydrogens is 235 g/mol. The monoisotopic (exact) mass is 248 g/mol. The quantitative estimate of drug-likeness (QED) is 0.794. The average Bonchev–Trinajstić information content (AvgIpc) is 2.63. The van der Waals surface area contributed by atoms with Gasteiger partial charge in [-0.2, -0.15) is 5.10 Å². The molecule has 94 valence electrons. The Balaban J connectivity index is 2.30. The van der Waals surface area contributed by atoms with Crippen LogP contribution in [0.3, 0.4) is 0 Å². The Morgan fingerprint density at radius 1 is 1.50 bits per heavy atom. The molecule has 3 N–H and O–H groups in total. The van der Waals surface area contributed by atoms with Crippen molar-refractivity contribution < 1.29 is 9.18 Å². The molecule has 2 aromatic rings. The molecule has 0 spiro atoms. The van der Waals surface area contributed by atoms with E-state index in [1.807, 2.05) is 0 Å². The number of aryl methyl sites for hydroxylation is 2. The second-order valence-electron chi connectivity index (χ2n) is 3.96. The van der Waals surface area contributed by atoms with E-state index in [4.69, 9.17) is 5.73 Å². The molecule has 18 heavy (non-hydrogen) atoms. The van der Waals surface area contributed by atoms with Crippen molar-refractivity contribution in [2.24, 2.45) is 7.05 Å². The fourth-order valence-corrected chi connectivity index (χ4v) is 1.68. The molecule has 0 saturated carbocycles. The molecule has 1 aromatic carbocycles. The van der Waals surface area contributed by atoms with Crippen molar-refractivity contribution in [3.05, 3.63) is 41.5 Å². The number of halogens is 1. The molecule has 6 heteroatoms. The summed E-state index contributed by atoms with van der Waals surface area (Å²) in [6.07, 6.45) is 1.57. The first-order valence-corrected chi connectivity index (χ1v) is 5.34. The van der Waals surface area contributed by atoms with E-state index in [0.29, 0.717) is 11.3 Å². The number of nitrogens with two attached hydrogens (primary N) is 1. The number of rotatable bonds is 2. The van der Waals surface area contributed by atoms with Gasteiger partial charge < -0.3 is 11.1 Å². The van der Waals surface area contributed by atoms with E-state index >= 15 is 0 Å². The molecular formula is C12H13FN4O. The zero-order chi connectivity index (χ0) is 13.3. The van der Waals surface area contributed by atoms with Crippen LogP contribution < -0.4 is 11.1 Å². The summed E-state index contributed by atoms with van der Waals surface area (Å²) in [4.78, 5) is 12.0. The third-order valence-corrected chi connectivity index (χ3v) is 2.54. The Labute approximate surface area is 103 Å². The minimum atomic E-state index is -0.565. The molecule has 0 aliphatic carbocycles. The zero-order valence-corrected chi connectivity index (χ0v) is 10.1. The Morgan fingerprint density at radius 3 is 2.78 bits per heavy atom. The van der Waals surface area contributed by atoms with Crippen molar-refractivity contribution >= 4 is 17.3 Å². The van der Waals surface area contributed by atoms with Crippen LogP contribution in [0.5, 0.6) is 0 Å². The molecule has 5 nitrogen and oxygen atoms in total. The highest BCUT2D eigenvalue weighted by Crippen LogP contribution is 2.22. The van der Waals surface area contributed by atoms with Gasteiger partial charge in [0.25, 0.3) is 5.91 Å². The number of nitrogens with zero attached hydrogens (tertiary/aromatic N) is 2. The van der Waals surface area contributed by atoms with Gasteiger partial charge in [-0.15, -0.1) is 0 Å². The second kappa shape index (κ2) is 4.48. The number of hydrogen-bond donors (Lipinski definition) is 2. The first-order valence-electron chi connectivity index (χ1n) is 5.34. The number of nitrogen functional groups attached to an aromatic ring is 1. The fourth-order valence-electron chi connectivity index (χ4n) is 1.68. The van der Waals surface area contributed by atoms with Gasteiger partial charge in [0.2, 0.25) is 0 Å². The van der Waals surface area contributed by atoms with Gasteiger partial charge in [0, 0.05) is 13.2 Å². The van der Waals surface area contributed by atoms with Crippen molar-refractivity contribution in [3.8, 4) is 0 Å². The molecule has 0 fully saturated rings. The Morgan fingerprint density at radius 2 is 2.22 bits per heavy atom. The van der Waals surface area contributed by atoms with Crippen LogP contribution in [0.2, 0.25) is 0 Å². The maximum absolute atomic E-state index is 13.5. The van der Waals surface area contributed by atoms with Crippen LogP contribution in [0.25, 0.3) is 0 Å². The van der Waals surface area contributed by atoms with Crippen LogP contribution in [0.1, 0.15) is 16.1 Å². The summed E-state index contributed by atoms with van der Waals surface area (Å²) in [5.41, 5.74) is 6.76. The van der Waals surface area contributed by atoms with E-state index in [1.165, 1.54) is 22.9 Å². The number of benzene rings is 1. The van der Waals surface area contributed by atoms with E-state index in [0.717, 1.165) is 0 Å². The minimum Gasteiger partial charge on any atom is -0.397 e. The lowest BCUT2D eigenvalue weighted by atomic mass is 10.2. The van der Waals surface area contributed by atoms with Crippen molar-refractivity contribution in [1.82, 2.24) is 9.78 Å². The zero-order valence-electron chi connectivity index (χ0n) is 10.1. The van der Waals surface area contributed by atoms with Gasteiger partial charge in [-0.3, -0.25) is 9.48 Å². The number of carbonyl (C=O) groups is 1. The van der Waals surface area contributed by atoms with Crippen LogP contribution in [0, 0.1) is 12.7 Å². The van der Waals surface area contributed by atoms with Crippen LogP contribution in [-0.2, 0) is 7.05 Å². The first-order chi connectivity index (χ1) is 8.49. The Bertz CT molecular complexity index is 586. The third kappa shape index (κ3) is 2.17. The molecule has 1 aromatic heterocycles. The number of anilines is 2. The van der Waals surface area contributed by atoms with Crippen molar-refractivity contribution in [1.29, 1.82) is 0 Å². The summed E-state index contributed by atoms with van der Waals surface area (Å²) < 4.78 is 15.0. The highest BCUT2D eigenvalue weighted by atomic mass is 19.1. The molecule has 0 radical (unpaired) electrons. The molecule has 1 heterocycles. The summed E-state index contributed by atoms with van der Waals surface area (Å²) in [5, 5.41) is 6.51. The van der Waals surface area contributed by atoms with Gasteiger partial charge in [0.05, 0.1) is 16.9 Å². The molecule has 0 aliphatic rings. The normalized spacial score (nSPS) is 10.4. The molecule has 0 aliphatic heterocycles. The smallest absolute Gasteiger partial charge is 0.259 e. The van der Waals surface area contributed by atoms with Gasteiger partial charge in [0.15, 0.2) is 0 Å². The maximum Gasteiger partial charge on any atom is 0.259 e. The van der Waals surface area contributed by atoms with E-state index in [-0.39, 0.29) is 11.4 Å². The molecule has 0 bridgehead atoms. The summed E-state index contributed by atoms with van der Waals surface area (Å²) in [6.45, 7) is 1.71. The van der Waals surface area contributed by atoms with Crippen LogP contribution in [0.15, 0.2) is 24.4 Å². The van der Waals surface area contributed by atoms with E-state index < -0.39 is 11.7 Å². The maximum atomic E-state index is 13.5. The molecule has 2 rings (SSSR count). The number of aromatic nitrogens is 2. The van der Waals surface area contributed by atoms with E-state index in [1.54, 1.807) is 20.2 Å². The van der Waals surface area contributed by atoms with Gasteiger partial charge in [0.1, 0.15) is 11.5 Å². The van der Waals surface area contributed by atoms with Gasteiger partial charge in [-0.25, -0.2) is 4.39 Å². The van der Waals surface area contributed by atoms with E-state index in [9.17, 15) is 9.18 Å². The lowest BCUT2D eigenvalue weighted by Crippen LogP contribution is -2.14.